The van der Waals surface area contributed by atoms with Crippen LogP contribution in [-0.4, -0.2) is 32.3 Å². The molecule has 2 aromatic carbocycles. The lowest BCUT2D eigenvalue weighted by Gasteiger charge is -2.08. The molecule has 0 aliphatic heterocycles. The topological polar surface area (TPSA) is 47.6 Å². The molecule has 124 valence electrons. The van der Waals surface area contributed by atoms with Crippen molar-refractivity contribution in [1.29, 1.82) is 0 Å². The van der Waals surface area contributed by atoms with Gasteiger partial charge in [0.05, 0.1) is 0 Å². The second-order valence-corrected chi connectivity index (χ2v) is 5.47. The minimum absolute atomic E-state index is 0.0367. The van der Waals surface area contributed by atoms with Crippen molar-refractivity contribution in [3.8, 4) is 5.75 Å². The Kier molecular flexibility index (Phi) is 7.40. The molecule has 0 aliphatic carbocycles. The standard InChI is InChI=1S/C19H25NO3/c1-2-3-12-22-13-6-11-20-19(21)15-23-18-10-9-16-7-4-5-8-17(16)14-18/h4-5,7-10,14H,2-3,6,11-13,15H2,1H3,(H,20,21). The zero-order valence-electron chi connectivity index (χ0n) is 13.7. The number of carbonyl (C=O) groups excluding carboxylic acids is 1. The summed E-state index contributed by atoms with van der Waals surface area (Å²) < 4.78 is 11.0. The SMILES string of the molecule is CCCCOCCCNC(=O)COc1ccc2ccccc2c1. The lowest BCUT2D eigenvalue weighted by Crippen LogP contribution is -2.30. The predicted octanol–water partition coefficient (Wildman–Crippen LogP) is 3.54. The van der Waals surface area contributed by atoms with E-state index in [0.717, 1.165) is 36.6 Å². The molecule has 0 bridgehead atoms. The van der Waals surface area contributed by atoms with E-state index in [4.69, 9.17) is 9.47 Å². The number of unbranched alkanes of at least 4 members (excludes halogenated alkanes) is 1. The average Bonchev–Trinajstić information content (AvgIpc) is 2.59. The highest BCUT2D eigenvalue weighted by molar-refractivity contribution is 5.84. The van der Waals surface area contributed by atoms with Crippen molar-refractivity contribution in [1.82, 2.24) is 5.32 Å². The van der Waals surface area contributed by atoms with Gasteiger partial charge in [-0.3, -0.25) is 4.79 Å². The van der Waals surface area contributed by atoms with Gasteiger partial charge in [-0.25, -0.2) is 0 Å². The smallest absolute Gasteiger partial charge is 0.257 e. The lowest BCUT2D eigenvalue weighted by molar-refractivity contribution is -0.123. The van der Waals surface area contributed by atoms with Gasteiger partial charge in [0.2, 0.25) is 0 Å². The third-order valence-corrected chi connectivity index (χ3v) is 3.52. The first-order valence-corrected chi connectivity index (χ1v) is 8.25. The van der Waals surface area contributed by atoms with Crippen molar-refractivity contribution >= 4 is 16.7 Å². The maximum absolute atomic E-state index is 11.7. The first-order chi connectivity index (χ1) is 11.3. The molecule has 0 fully saturated rings. The molecule has 4 nitrogen and oxygen atoms in total. The number of rotatable bonds is 10. The molecule has 2 aromatic rings. The van der Waals surface area contributed by atoms with Crippen LogP contribution in [-0.2, 0) is 9.53 Å². The molecule has 1 N–H and O–H groups in total. The number of benzene rings is 2. The molecule has 0 aromatic heterocycles. The van der Waals surface area contributed by atoms with E-state index in [1.165, 1.54) is 0 Å². The Bertz CT molecular complexity index is 612. The number of carbonyl (C=O) groups is 1. The molecule has 0 aliphatic rings. The molecular weight excluding hydrogens is 290 g/mol. The molecule has 4 heteroatoms. The molecule has 0 unspecified atom stereocenters. The number of fused-ring (bicyclic) bond motifs is 1. The minimum atomic E-state index is -0.105. The van der Waals surface area contributed by atoms with Gasteiger partial charge >= 0.3 is 0 Å². The van der Waals surface area contributed by atoms with E-state index in [2.05, 4.69) is 18.3 Å². The fourth-order valence-corrected chi connectivity index (χ4v) is 2.21. The predicted molar refractivity (Wildman–Crippen MR) is 92.8 cm³/mol. The van der Waals surface area contributed by atoms with Gasteiger partial charge in [0.1, 0.15) is 5.75 Å². The van der Waals surface area contributed by atoms with Crippen molar-refractivity contribution in [2.45, 2.75) is 26.2 Å². The monoisotopic (exact) mass is 315 g/mol. The van der Waals surface area contributed by atoms with E-state index in [-0.39, 0.29) is 12.5 Å². The van der Waals surface area contributed by atoms with Crippen LogP contribution < -0.4 is 10.1 Å². The highest BCUT2D eigenvalue weighted by atomic mass is 16.5. The number of nitrogens with one attached hydrogen (secondary N) is 1. The van der Waals surface area contributed by atoms with E-state index in [9.17, 15) is 4.79 Å². The summed E-state index contributed by atoms with van der Waals surface area (Å²) in [5.41, 5.74) is 0. The number of amides is 1. The van der Waals surface area contributed by atoms with E-state index < -0.39 is 0 Å². The molecule has 0 heterocycles. The van der Waals surface area contributed by atoms with Crippen molar-refractivity contribution in [2.75, 3.05) is 26.4 Å². The van der Waals surface area contributed by atoms with Gasteiger partial charge in [0.25, 0.3) is 5.91 Å². The Labute approximate surface area is 137 Å². The average molecular weight is 315 g/mol. The summed E-state index contributed by atoms with van der Waals surface area (Å²) in [6, 6.07) is 13.9. The van der Waals surface area contributed by atoms with Crippen LogP contribution in [0.4, 0.5) is 0 Å². The summed E-state index contributed by atoms with van der Waals surface area (Å²) in [6.45, 7) is 4.28. The minimum Gasteiger partial charge on any atom is -0.484 e. The first kappa shape index (κ1) is 17.3. The third kappa shape index (κ3) is 6.28. The van der Waals surface area contributed by atoms with Crippen LogP contribution in [0.3, 0.4) is 0 Å². The molecule has 0 spiro atoms. The van der Waals surface area contributed by atoms with Gasteiger partial charge in [-0.2, -0.15) is 0 Å². The Balaban J connectivity index is 1.63. The van der Waals surface area contributed by atoms with Gasteiger partial charge in [-0.05, 0) is 35.7 Å². The Morgan fingerprint density at radius 3 is 2.65 bits per heavy atom. The van der Waals surface area contributed by atoms with Crippen molar-refractivity contribution in [3.63, 3.8) is 0 Å². The van der Waals surface area contributed by atoms with Crippen molar-refractivity contribution in [2.24, 2.45) is 0 Å². The largest absolute Gasteiger partial charge is 0.484 e. The van der Waals surface area contributed by atoms with Gasteiger partial charge < -0.3 is 14.8 Å². The summed E-state index contributed by atoms with van der Waals surface area (Å²) in [5.74, 6) is 0.605. The van der Waals surface area contributed by atoms with Crippen LogP contribution in [0.15, 0.2) is 42.5 Å². The molecule has 23 heavy (non-hydrogen) atoms. The summed E-state index contributed by atoms with van der Waals surface area (Å²) >= 11 is 0. The number of hydrogen-bond acceptors (Lipinski definition) is 3. The fraction of sp³-hybridized carbons (Fsp3) is 0.421. The molecular formula is C19H25NO3. The quantitative estimate of drug-likeness (QED) is 0.682. The number of hydrogen-bond donors (Lipinski definition) is 1. The molecule has 0 saturated carbocycles. The lowest BCUT2D eigenvalue weighted by atomic mass is 10.1. The van der Waals surface area contributed by atoms with E-state index in [1.54, 1.807) is 0 Å². The fourth-order valence-electron chi connectivity index (χ4n) is 2.21. The Hall–Kier alpha value is -2.07. The van der Waals surface area contributed by atoms with Crippen LogP contribution in [0.25, 0.3) is 10.8 Å². The highest BCUT2D eigenvalue weighted by Crippen LogP contribution is 2.20. The first-order valence-electron chi connectivity index (χ1n) is 8.25. The van der Waals surface area contributed by atoms with Gasteiger partial charge in [-0.1, -0.05) is 43.7 Å². The third-order valence-electron chi connectivity index (χ3n) is 3.52. The zero-order chi connectivity index (χ0) is 16.3. The van der Waals surface area contributed by atoms with Crippen LogP contribution in [0, 0.1) is 0 Å². The zero-order valence-corrected chi connectivity index (χ0v) is 13.7. The van der Waals surface area contributed by atoms with Crippen LogP contribution in [0.5, 0.6) is 5.75 Å². The summed E-state index contributed by atoms with van der Waals surface area (Å²) in [4.78, 5) is 11.7. The van der Waals surface area contributed by atoms with E-state index in [1.807, 2.05) is 36.4 Å². The Morgan fingerprint density at radius 2 is 1.83 bits per heavy atom. The second kappa shape index (κ2) is 9.85. The Morgan fingerprint density at radius 1 is 1.04 bits per heavy atom. The van der Waals surface area contributed by atoms with Crippen LogP contribution in [0.1, 0.15) is 26.2 Å². The normalized spacial score (nSPS) is 10.7. The summed E-state index contributed by atoms with van der Waals surface area (Å²) in [5, 5.41) is 5.10. The maximum atomic E-state index is 11.7. The molecule has 2 rings (SSSR count). The summed E-state index contributed by atoms with van der Waals surface area (Å²) in [6.07, 6.45) is 3.06. The number of ether oxygens (including phenoxy) is 2. The van der Waals surface area contributed by atoms with Crippen molar-refractivity contribution in [3.05, 3.63) is 42.5 Å². The molecule has 0 saturated heterocycles. The van der Waals surface area contributed by atoms with E-state index >= 15 is 0 Å². The molecule has 0 radical (unpaired) electrons. The van der Waals surface area contributed by atoms with Gasteiger partial charge in [-0.15, -0.1) is 0 Å². The summed E-state index contributed by atoms with van der Waals surface area (Å²) in [7, 11) is 0. The van der Waals surface area contributed by atoms with Crippen molar-refractivity contribution < 1.29 is 14.3 Å². The molecule has 1 amide bonds. The highest BCUT2D eigenvalue weighted by Gasteiger charge is 2.03. The maximum Gasteiger partial charge on any atom is 0.257 e. The van der Waals surface area contributed by atoms with Gasteiger partial charge in [0, 0.05) is 19.8 Å². The van der Waals surface area contributed by atoms with Crippen LogP contribution in [0.2, 0.25) is 0 Å². The van der Waals surface area contributed by atoms with E-state index in [0.29, 0.717) is 18.9 Å². The van der Waals surface area contributed by atoms with Gasteiger partial charge in [0.15, 0.2) is 6.61 Å². The van der Waals surface area contributed by atoms with Crippen LogP contribution >= 0.6 is 0 Å². The molecule has 0 atom stereocenters. The second-order valence-electron chi connectivity index (χ2n) is 5.47.